The summed E-state index contributed by atoms with van der Waals surface area (Å²) in [4.78, 5) is 3.63. The van der Waals surface area contributed by atoms with Crippen molar-refractivity contribution < 1.29 is 0 Å². The van der Waals surface area contributed by atoms with Crippen LogP contribution < -0.4 is 5.32 Å². The molecule has 86 valence electrons. The highest BCUT2D eigenvalue weighted by atomic mass is 28.3. The fourth-order valence-electron chi connectivity index (χ4n) is 2.34. The standard InChI is InChI=1S/C14H21NSi/c1-4-5-8-12-11-9-6-7-10-13(11)15-14(12)16(2)3/h6-7,9-10,15-16H,4-5,8H2,1-3H3. The van der Waals surface area contributed by atoms with Crippen LogP contribution in [0, 0.1) is 0 Å². The van der Waals surface area contributed by atoms with E-state index in [0.717, 1.165) is 0 Å². The van der Waals surface area contributed by atoms with Crippen LogP contribution in [-0.4, -0.2) is 13.8 Å². The average Bonchev–Trinajstić information content (AvgIpc) is 2.65. The van der Waals surface area contributed by atoms with Gasteiger partial charge in [-0.1, -0.05) is 44.6 Å². The topological polar surface area (TPSA) is 15.8 Å². The van der Waals surface area contributed by atoms with Gasteiger partial charge in [-0.25, -0.2) is 0 Å². The van der Waals surface area contributed by atoms with Crippen LogP contribution in [0.5, 0.6) is 0 Å². The third-order valence-electron chi connectivity index (χ3n) is 3.20. The van der Waals surface area contributed by atoms with Gasteiger partial charge in [0.2, 0.25) is 0 Å². The summed E-state index contributed by atoms with van der Waals surface area (Å²) in [6.07, 6.45) is 3.82. The molecule has 0 saturated heterocycles. The highest BCUT2D eigenvalue weighted by molar-refractivity contribution is 6.70. The van der Waals surface area contributed by atoms with E-state index in [9.17, 15) is 0 Å². The zero-order valence-corrected chi connectivity index (χ0v) is 11.7. The first-order valence-electron chi connectivity index (χ1n) is 6.33. The number of hydrogen-bond acceptors (Lipinski definition) is 0. The number of aromatic nitrogens is 1. The summed E-state index contributed by atoms with van der Waals surface area (Å²) in [5.41, 5.74) is 2.92. The summed E-state index contributed by atoms with van der Waals surface area (Å²) in [6.45, 7) is 7.07. The van der Waals surface area contributed by atoms with Crippen molar-refractivity contribution in [1.29, 1.82) is 0 Å². The van der Waals surface area contributed by atoms with Gasteiger partial charge in [-0.05, 0) is 29.8 Å². The van der Waals surface area contributed by atoms with E-state index in [0.29, 0.717) is 0 Å². The Morgan fingerprint density at radius 3 is 2.62 bits per heavy atom. The van der Waals surface area contributed by atoms with Gasteiger partial charge < -0.3 is 4.98 Å². The number of H-pyrrole nitrogens is 1. The van der Waals surface area contributed by atoms with Crippen molar-refractivity contribution in [2.24, 2.45) is 0 Å². The smallest absolute Gasteiger partial charge is 0.0857 e. The van der Waals surface area contributed by atoms with Crippen molar-refractivity contribution in [3.8, 4) is 0 Å². The Kier molecular flexibility index (Phi) is 3.49. The maximum atomic E-state index is 3.63. The Balaban J connectivity index is 2.51. The largest absolute Gasteiger partial charge is 0.362 e. The second-order valence-electron chi connectivity index (χ2n) is 4.82. The minimum Gasteiger partial charge on any atom is -0.362 e. The molecule has 0 fully saturated rings. The highest BCUT2D eigenvalue weighted by Crippen LogP contribution is 2.18. The first-order valence-corrected chi connectivity index (χ1v) is 9.22. The summed E-state index contributed by atoms with van der Waals surface area (Å²) in [6, 6.07) is 8.73. The number of para-hydroxylation sites is 1. The lowest BCUT2D eigenvalue weighted by atomic mass is 10.1. The van der Waals surface area contributed by atoms with Crippen LogP contribution in [0.3, 0.4) is 0 Å². The molecule has 2 rings (SSSR count). The van der Waals surface area contributed by atoms with E-state index in [4.69, 9.17) is 0 Å². The van der Waals surface area contributed by atoms with Gasteiger partial charge in [0.1, 0.15) is 0 Å². The Morgan fingerprint density at radius 2 is 1.94 bits per heavy atom. The zero-order valence-electron chi connectivity index (χ0n) is 10.5. The van der Waals surface area contributed by atoms with Gasteiger partial charge in [0, 0.05) is 10.9 Å². The molecule has 0 spiro atoms. The molecule has 1 heterocycles. The van der Waals surface area contributed by atoms with Crippen LogP contribution in [0.25, 0.3) is 10.9 Å². The second-order valence-corrected chi connectivity index (χ2v) is 7.71. The molecular weight excluding hydrogens is 210 g/mol. The van der Waals surface area contributed by atoms with E-state index >= 15 is 0 Å². The monoisotopic (exact) mass is 231 g/mol. The van der Waals surface area contributed by atoms with Gasteiger partial charge in [0.25, 0.3) is 0 Å². The van der Waals surface area contributed by atoms with E-state index in [1.807, 2.05) is 0 Å². The Bertz CT molecular complexity index is 471. The van der Waals surface area contributed by atoms with Crippen molar-refractivity contribution in [1.82, 2.24) is 4.98 Å². The molecule has 16 heavy (non-hydrogen) atoms. The number of nitrogens with one attached hydrogen (secondary N) is 1. The molecule has 1 aromatic carbocycles. The fraction of sp³-hybridized carbons (Fsp3) is 0.429. The lowest BCUT2D eigenvalue weighted by Gasteiger charge is -2.06. The maximum Gasteiger partial charge on any atom is 0.0857 e. The molecule has 1 nitrogen and oxygen atoms in total. The van der Waals surface area contributed by atoms with Gasteiger partial charge in [-0.3, -0.25) is 0 Å². The lowest BCUT2D eigenvalue weighted by Crippen LogP contribution is -2.27. The molecule has 2 heteroatoms. The first-order chi connectivity index (χ1) is 7.74. The number of benzene rings is 1. The van der Waals surface area contributed by atoms with Crippen molar-refractivity contribution in [3.05, 3.63) is 29.8 Å². The average molecular weight is 231 g/mol. The number of fused-ring (bicyclic) bond motifs is 1. The number of hydrogen-bond donors (Lipinski definition) is 1. The van der Waals surface area contributed by atoms with Crippen molar-refractivity contribution in [2.75, 3.05) is 0 Å². The zero-order chi connectivity index (χ0) is 11.5. The molecule has 0 aliphatic rings. The van der Waals surface area contributed by atoms with Gasteiger partial charge in [-0.2, -0.15) is 0 Å². The summed E-state index contributed by atoms with van der Waals surface area (Å²) >= 11 is 0. The fourth-order valence-corrected chi connectivity index (χ4v) is 3.78. The van der Waals surface area contributed by atoms with E-state index in [2.05, 4.69) is 49.3 Å². The normalized spacial score (nSPS) is 11.5. The highest BCUT2D eigenvalue weighted by Gasteiger charge is 2.13. The molecule has 0 amide bonds. The molecule has 0 unspecified atom stereocenters. The van der Waals surface area contributed by atoms with Gasteiger partial charge in [0.15, 0.2) is 0 Å². The van der Waals surface area contributed by atoms with Gasteiger partial charge in [-0.15, -0.1) is 0 Å². The van der Waals surface area contributed by atoms with Crippen molar-refractivity contribution >= 4 is 25.0 Å². The van der Waals surface area contributed by atoms with E-state index in [1.54, 1.807) is 10.9 Å². The van der Waals surface area contributed by atoms with Crippen LogP contribution in [-0.2, 0) is 6.42 Å². The molecule has 0 aliphatic carbocycles. The van der Waals surface area contributed by atoms with Crippen molar-refractivity contribution in [2.45, 2.75) is 39.3 Å². The van der Waals surface area contributed by atoms with Crippen LogP contribution in [0.1, 0.15) is 25.3 Å². The lowest BCUT2D eigenvalue weighted by molar-refractivity contribution is 0.801. The molecule has 0 aliphatic heterocycles. The molecule has 1 aromatic heterocycles. The van der Waals surface area contributed by atoms with E-state index < -0.39 is 8.80 Å². The third-order valence-corrected chi connectivity index (χ3v) is 4.85. The van der Waals surface area contributed by atoms with E-state index in [-0.39, 0.29) is 0 Å². The number of rotatable bonds is 4. The maximum absolute atomic E-state index is 3.63. The van der Waals surface area contributed by atoms with Crippen LogP contribution in [0.4, 0.5) is 0 Å². The van der Waals surface area contributed by atoms with Crippen molar-refractivity contribution in [3.63, 3.8) is 0 Å². The number of unbranched alkanes of at least 4 members (excludes halogenated alkanes) is 1. The molecular formula is C14H21NSi. The van der Waals surface area contributed by atoms with E-state index in [1.165, 1.54) is 30.2 Å². The second kappa shape index (κ2) is 4.87. The molecule has 0 atom stereocenters. The summed E-state index contributed by atoms with van der Waals surface area (Å²) in [5, 5.41) is 3.02. The molecule has 0 saturated carbocycles. The summed E-state index contributed by atoms with van der Waals surface area (Å²) < 4.78 is 0. The molecule has 0 bridgehead atoms. The SMILES string of the molecule is CCCCc1c([SiH](C)C)[nH]c2ccccc12. The summed E-state index contributed by atoms with van der Waals surface area (Å²) in [5.74, 6) is 0. The van der Waals surface area contributed by atoms with Crippen LogP contribution in [0.2, 0.25) is 13.1 Å². The predicted molar refractivity (Wildman–Crippen MR) is 75.4 cm³/mol. The van der Waals surface area contributed by atoms with Gasteiger partial charge in [0.05, 0.1) is 8.80 Å². The number of aryl methyl sites for hydroxylation is 1. The quantitative estimate of drug-likeness (QED) is 0.778. The minimum atomic E-state index is -0.742. The predicted octanol–water partition coefficient (Wildman–Crippen LogP) is 3.20. The Morgan fingerprint density at radius 1 is 1.19 bits per heavy atom. The van der Waals surface area contributed by atoms with Gasteiger partial charge >= 0.3 is 0 Å². The first kappa shape index (κ1) is 11.5. The molecule has 0 radical (unpaired) electrons. The Hall–Kier alpha value is -1.02. The third kappa shape index (κ3) is 2.07. The molecule has 1 N–H and O–H groups in total. The van der Waals surface area contributed by atoms with Crippen LogP contribution >= 0.6 is 0 Å². The number of aromatic amines is 1. The minimum absolute atomic E-state index is 0.742. The summed E-state index contributed by atoms with van der Waals surface area (Å²) in [7, 11) is -0.742. The molecule has 2 aromatic rings. The van der Waals surface area contributed by atoms with Crippen LogP contribution in [0.15, 0.2) is 24.3 Å². The Labute approximate surface area is 99.5 Å².